The maximum atomic E-state index is 11.8. The van der Waals surface area contributed by atoms with Gasteiger partial charge in [0.25, 0.3) is 0 Å². The van der Waals surface area contributed by atoms with Gasteiger partial charge in [-0.15, -0.1) is 0 Å². The minimum Gasteiger partial charge on any atom is -0.308 e. The van der Waals surface area contributed by atoms with Gasteiger partial charge in [-0.25, -0.2) is 4.98 Å². The summed E-state index contributed by atoms with van der Waals surface area (Å²) < 4.78 is 21.4. The zero-order valence-corrected chi connectivity index (χ0v) is 8.75. The topological polar surface area (TPSA) is 48.4 Å². The van der Waals surface area contributed by atoms with Crippen molar-refractivity contribution in [3.63, 3.8) is 0 Å². The first-order valence-corrected chi connectivity index (χ1v) is 5.32. The second-order valence-corrected chi connectivity index (χ2v) is 4.68. The SMILES string of the molecule is COP(=O)(OC)c1cccc(C)n1. The molecular weight excluding hydrogens is 189 g/mol. The van der Waals surface area contributed by atoms with E-state index in [0.29, 0.717) is 5.44 Å². The molecule has 0 aromatic carbocycles. The van der Waals surface area contributed by atoms with Crippen molar-refractivity contribution in [2.75, 3.05) is 14.2 Å². The molecule has 0 saturated heterocycles. The van der Waals surface area contributed by atoms with Crippen LogP contribution in [0.3, 0.4) is 0 Å². The smallest absolute Gasteiger partial charge is 0.308 e. The van der Waals surface area contributed by atoms with E-state index in [9.17, 15) is 4.57 Å². The molecule has 4 nitrogen and oxygen atoms in total. The molecule has 1 rings (SSSR count). The second kappa shape index (κ2) is 4.01. The monoisotopic (exact) mass is 201 g/mol. The molecular formula is C8H12NO3P. The highest BCUT2D eigenvalue weighted by Crippen LogP contribution is 2.44. The van der Waals surface area contributed by atoms with E-state index in [1.165, 1.54) is 14.2 Å². The Kier molecular flexibility index (Phi) is 3.20. The largest absolute Gasteiger partial charge is 0.379 e. The van der Waals surface area contributed by atoms with Gasteiger partial charge in [-0.1, -0.05) is 6.07 Å². The fourth-order valence-corrected chi connectivity index (χ4v) is 2.01. The predicted octanol–water partition coefficient (Wildman–Crippen LogP) is 1.50. The van der Waals surface area contributed by atoms with Crippen molar-refractivity contribution in [2.45, 2.75) is 6.92 Å². The minimum absolute atomic E-state index is 0.345. The Labute approximate surface area is 77.4 Å². The number of rotatable bonds is 3. The Balaban J connectivity index is 3.13. The summed E-state index contributed by atoms with van der Waals surface area (Å²) in [5, 5.41) is 0. The zero-order chi connectivity index (χ0) is 9.90. The summed E-state index contributed by atoms with van der Waals surface area (Å²) >= 11 is 0. The lowest BCUT2D eigenvalue weighted by Gasteiger charge is -2.12. The highest BCUT2D eigenvalue weighted by Gasteiger charge is 2.25. The Morgan fingerprint density at radius 1 is 1.31 bits per heavy atom. The molecule has 0 aliphatic rings. The van der Waals surface area contributed by atoms with Crippen LogP contribution in [0.5, 0.6) is 0 Å². The van der Waals surface area contributed by atoms with Gasteiger partial charge in [-0.2, -0.15) is 0 Å². The predicted molar refractivity (Wildman–Crippen MR) is 50.2 cm³/mol. The van der Waals surface area contributed by atoms with E-state index in [2.05, 4.69) is 4.98 Å². The Morgan fingerprint density at radius 2 is 1.92 bits per heavy atom. The third-order valence-electron chi connectivity index (χ3n) is 1.63. The molecule has 1 heterocycles. The van der Waals surface area contributed by atoms with Crippen LogP contribution in [-0.2, 0) is 13.6 Å². The molecule has 0 bridgehead atoms. The van der Waals surface area contributed by atoms with Crippen molar-refractivity contribution in [3.05, 3.63) is 23.9 Å². The summed E-state index contributed by atoms with van der Waals surface area (Å²) in [7, 11) is -0.488. The first-order chi connectivity index (χ1) is 6.12. The summed E-state index contributed by atoms with van der Waals surface area (Å²) in [5.41, 5.74) is 1.13. The maximum absolute atomic E-state index is 11.8. The molecule has 72 valence electrons. The number of pyridine rings is 1. The lowest BCUT2D eigenvalue weighted by atomic mass is 10.4. The van der Waals surface area contributed by atoms with Crippen molar-refractivity contribution in [3.8, 4) is 0 Å². The van der Waals surface area contributed by atoms with Crippen LogP contribution in [0.2, 0.25) is 0 Å². The number of hydrogen-bond acceptors (Lipinski definition) is 4. The fourth-order valence-electron chi connectivity index (χ4n) is 0.943. The van der Waals surface area contributed by atoms with E-state index in [1.54, 1.807) is 12.1 Å². The lowest BCUT2D eigenvalue weighted by Crippen LogP contribution is -2.12. The van der Waals surface area contributed by atoms with E-state index in [4.69, 9.17) is 9.05 Å². The number of aryl methyl sites for hydroxylation is 1. The lowest BCUT2D eigenvalue weighted by molar-refractivity contribution is 0.286. The van der Waals surface area contributed by atoms with Crippen LogP contribution >= 0.6 is 7.60 Å². The molecule has 13 heavy (non-hydrogen) atoms. The second-order valence-electron chi connectivity index (χ2n) is 2.50. The molecule has 0 aliphatic carbocycles. The molecule has 0 fully saturated rings. The first kappa shape index (κ1) is 10.4. The Bertz CT molecular complexity index is 332. The summed E-state index contributed by atoms with van der Waals surface area (Å²) in [6.07, 6.45) is 0. The number of nitrogens with zero attached hydrogens (tertiary/aromatic N) is 1. The molecule has 0 amide bonds. The van der Waals surface area contributed by atoms with E-state index in [1.807, 2.05) is 13.0 Å². The summed E-state index contributed by atoms with van der Waals surface area (Å²) in [5.74, 6) is 0. The third-order valence-corrected chi connectivity index (χ3v) is 3.41. The van der Waals surface area contributed by atoms with Crippen molar-refractivity contribution >= 4 is 13.0 Å². The van der Waals surface area contributed by atoms with Gasteiger partial charge in [0.2, 0.25) is 0 Å². The van der Waals surface area contributed by atoms with Crippen molar-refractivity contribution in [2.24, 2.45) is 0 Å². The molecule has 0 saturated carbocycles. The fraction of sp³-hybridized carbons (Fsp3) is 0.375. The third kappa shape index (κ3) is 2.15. The molecule has 0 spiro atoms. The van der Waals surface area contributed by atoms with Gasteiger partial charge in [0.15, 0.2) is 5.44 Å². The van der Waals surface area contributed by atoms with Gasteiger partial charge in [-0.3, -0.25) is 4.57 Å². The van der Waals surface area contributed by atoms with Gasteiger partial charge in [0.05, 0.1) is 0 Å². The standard InChI is InChI=1S/C8H12NO3P/c1-7-5-4-6-8(9-7)13(10,11-2)12-3/h4-6H,1-3H3. The average molecular weight is 201 g/mol. The summed E-state index contributed by atoms with van der Waals surface area (Å²) in [6.45, 7) is 1.82. The van der Waals surface area contributed by atoms with Gasteiger partial charge >= 0.3 is 7.60 Å². The van der Waals surface area contributed by atoms with E-state index < -0.39 is 7.60 Å². The Morgan fingerprint density at radius 3 is 2.38 bits per heavy atom. The molecule has 0 radical (unpaired) electrons. The van der Waals surface area contributed by atoms with Crippen LogP contribution in [-0.4, -0.2) is 19.2 Å². The number of hydrogen-bond donors (Lipinski definition) is 0. The minimum atomic E-state index is -3.17. The number of aromatic nitrogens is 1. The van der Waals surface area contributed by atoms with Gasteiger partial charge in [0, 0.05) is 19.9 Å². The molecule has 0 atom stereocenters. The summed E-state index contributed by atoms with van der Waals surface area (Å²) in [4.78, 5) is 4.07. The molecule has 0 unspecified atom stereocenters. The maximum Gasteiger partial charge on any atom is 0.379 e. The van der Waals surface area contributed by atoms with Gasteiger partial charge in [0.1, 0.15) is 0 Å². The van der Waals surface area contributed by atoms with Crippen LogP contribution in [0.1, 0.15) is 5.69 Å². The van der Waals surface area contributed by atoms with Gasteiger partial charge < -0.3 is 9.05 Å². The van der Waals surface area contributed by atoms with Crippen LogP contribution in [0.4, 0.5) is 0 Å². The van der Waals surface area contributed by atoms with Crippen LogP contribution in [0, 0.1) is 6.92 Å². The van der Waals surface area contributed by atoms with E-state index in [0.717, 1.165) is 5.69 Å². The molecule has 1 aromatic heterocycles. The van der Waals surface area contributed by atoms with Crippen LogP contribution in [0.25, 0.3) is 0 Å². The van der Waals surface area contributed by atoms with E-state index >= 15 is 0 Å². The first-order valence-electron chi connectivity index (χ1n) is 3.78. The Hall–Kier alpha value is -0.700. The van der Waals surface area contributed by atoms with Crippen molar-refractivity contribution in [1.82, 2.24) is 4.98 Å². The van der Waals surface area contributed by atoms with Crippen LogP contribution in [0.15, 0.2) is 18.2 Å². The normalized spacial score (nSPS) is 11.6. The molecule has 5 heteroatoms. The van der Waals surface area contributed by atoms with E-state index in [-0.39, 0.29) is 0 Å². The highest BCUT2D eigenvalue weighted by molar-refractivity contribution is 7.61. The zero-order valence-electron chi connectivity index (χ0n) is 7.85. The summed E-state index contributed by atoms with van der Waals surface area (Å²) in [6, 6.07) is 5.21. The van der Waals surface area contributed by atoms with Crippen LogP contribution < -0.4 is 5.44 Å². The average Bonchev–Trinajstić information content (AvgIpc) is 2.17. The molecule has 0 aliphatic heterocycles. The molecule has 1 aromatic rings. The van der Waals surface area contributed by atoms with Gasteiger partial charge in [-0.05, 0) is 19.1 Å². The highest BCUT2D eigenvalue weighted by atomic mass is 31.2. The quantitative estimate of drug-likeness (QED) is 0.695. The molecule has 0 N–H and O–H groups in total. The van der Waals surface area contributed by atoms with Crippen molar-refractivity contribution < 1.29 is 13.6 Å². The van der Waals surface area contributed by atoms with Crippen molar-refractivity contribution in [1.29, 1.82) is 0 Å².